The molecule has 7 heteroatoms. The summed E-state index contributed by atoms with van der Waals surface area (Å²) in [5.41, 5.74) is 2.34. The molecule has 2 rings (SSSR count). The van der Waals surface area contributed by atoms with Gasteiger partial charge in [0.1, 0.15) is 5.82 Å². The zero-order valence-electron chi connectivity index (χ0n) is 20.6. The van der Waals surface area contributed by atoms with Crippen LogP contribution in [0, 0.1) is 0 Å². The van der Waals surface area contributed by atoms with Crippen molar-refractivity contribution in [3.63, 3.8) is 0 Å². The Kier molecular flexibility index (Phi) is 13.1. The van der Waals surface area contributed by atoms with Gasteiger partial charge in [0.2, 0.25) is 0 Å². The molecule has 0 bridgehead atoms. The quantitative estimate of drug-likeness (QED) is 0.219. The molecule has 0 fully saturated rings. The number of benzene rings is 1. The first-order chi connectivity index (χ1) is 16.1. The molecule has 1 aromatic carbocycles. The van der Waals surface area contributed by atoms with Crippen LogP contribution in [0.25, 0.3) is 0 Å². The second kappa shape index (κ2) is 16.2. The molecular weight excluding hydrogens is 414 g/mol. The van der Waals surface area contributed by atoms with Crippen LogP contribution in [0.4, 0.5) is 0 Å². The highest BCUT2D eigenvalue weighted by Gasteiger charge is 2.13. The van der Waals surface area contributed by atoms with Gasteiger partial charge in [-0.3, -0.25) is 14.7 Å². The first-order valence-corrected chi connectivity index (χ1v) is 12.3. The van der Waals surface area contributed by atoms with Crippen LogP contribution in [-0.4, -0.2) is 71.3 Å². The molecule has 0 saturated heterocycles. The molecule has 1 aromatic heterocycles. The number of nitrogens with zero attached hydrogens (tertiary/aromatic N) is 4. The molecule has 2 aromatic rings. The molecule has 33 heavy (non-hydrogen) atoms. The van der Waals surface area contributed by atoms with Crippen LogP contribution in [0.1, 0.15) is 63.4 Å². The van der Waals surface area contributed by atoms with Crippen molar-refractivity contribution in [3.8, 4) is 0 Å². The molecule has 0 aliphatic heterocycles. The second-order valence-electron chi connectivity index (χ2n) is 8.33. The summed E-state index contributed by atoms with van der Waals surface area (Å²) in [6.07, 6.45) is 9.85. The number of imidazole rings is 1. The maximum Gasteiger partial charge on any atom is 0.320 e. The lowest BCUT2D eigenvalue weighted by atomic mass is 10.1. The number of ether oxygens (including phenoxy) is 1. The summed E-state index contributed by atoms with van der Waals surface area (Å²) in [5, 5.41) is 0. The average Bonchev–Trinajstić information content (AvgIpc) is 3.32. The fourth-order valence-corrected chi connectivity index (χ4v) is 3.84. The van der Waals surface area contributed by atoms with Crippen LogP contribution in [0.2, 0.25) is 0 Å². The van der Waals surface area contributed by atoms with Gasteiger partial charge in [-0.1, -0.05) is 38.1 Å². The summed E-state index contributed by atoms with van der Waals surface area (Å²) >= 11 is 0. The van der Waals surface area contributed by atoms with Crippen LogP contribution in [0.5, 0.6) is 0 Å². The van der Waals surface area contributed by atoms with Crippen molar-refractivity contribution < 1.29 is 9.53 Å². The minimum atomic E-state index is -0.153. The third-order valence-electron chi connectivity index (χ3n) is 5.37. The zero-order valence-corrected chi connectivity index (χ0v) is 20.6. The highest BCUT2D eigenvalue weighted by molar-refractivity contribution is 5.74. The number of aromatic nitrogens is 2. The lowest BCUT2D eigenvalue weighted by Crippen LogP contribution is -2.32. The van der Waals surface area contributed by atoms with Gasteiger partial charge in [-0.25, -0.2) is 4.98 Å². The Labute approximate surface area is 199 Å². The van der Waals surface area contributed by atoms with E-state index in [-0.39, 0.29) is 5.97 Å². The van der Waals surface area contributed by atoms with Gasteiger partial charge in [0.05, 0.1) is 25.9 Å². The summed E-state index contributed by atoms with van der Waals surface area (Å²) < 4.78 is 5.20. The first kappa shape index (κ1) is 26.7. The Bertz CT molecular complexity index is 784. The number of aromatic amines is 1. The smallest absolute Gasteiger partial charge is 0.320 e. The van der Waals surface area contributed by atoms with Gasteiger partial charge in [0.25, 0.3) is 0 Å². The Morgan fingerprint density at radius 2 is 1.67 bits per heavy atom. The van der Waals surface area contributed by atoms with Crippen LogP contribution in [-0.2, 0) is 22.6 Å². The predicted molar refractivity (Wildman–Crippen MR) is 134 cm³/mol. The normalized spacial score (nSPS) is 11.7. The number of carbonyl (C=O) groups is 1. The molecular formula is C26H41N5O2. The summed E-state index contributed by atoms with van der Waals surface area (Å²) in [5.74, 6) is 0.605. The molecule has 0 unspecified atom stereocenters. The van der Waals surface area contributed by atoms with Crippen molar-refractivity contribution in [2.45, 2.75) is 59.5 Å². The Morgan fingerprint density at radius 3 is 2.27 bits per heavy atom. The number of rotatable bonds is 17. The molecule has 0 atom stereocenters. The maximum atomic E-state index is 12.1. The predicted octanol–water partition coefficient (Wildman–Crippen LogP) is 4.30. The Hall–Kier alpha value is -2.51. The molecule has 1 N–H and O–H groups in total. The van der Waals surface area contributed by atoms with Crippen molar-refractivity contribution in [1.82, 2.24) is 19.8 Å². The minimum Gasteiger partial charge on any atom is -0.465 e. The van der Waals surface area contributed by atoms with E-state index < -0.39 is 0 Å². The summed E-state index contributed by atoms with van der Waals surface area (Å²) in [4.78, 5) is 28.5. The Balaban J connectivity index is 1.86. The summed E-state index contributed by atoms with van der Waals surface area (Å²) in [6, 6.07) is 8.45. The van der Waals surface area contributed by atoms with Crippen molar-refractivity contribution in [2.75, 3.05) is 39.3 Å². The third kappa shape index (κ3) is 11.3. The first-order valence-electron chi connectivity index (χ1n) is 12.3. The Morgan fingerprint density at radius 1 is 1.00 bits per heavy atom. The summed E-state index contributed by atoms with van der Waals surface area (Å²) in [6.45, 7) is 12.8. The highest BCUT2D eigenvalue weighted by atomic mass is 16.5. The largest absolute Gasteiger partial charge is 0.465 e. The number of unbranched alkanes of at least 4 members (excludes halogenated alkanes) is 1. The van der Waals surface area contributed by atoms with E-state index in [9.17, 15) is 4.79 Å². The van der Waals surface area contributed by atoms with Crippen molar-refractivity contribution in [1.29, 1.82) is 0 Å². The van der Waals surface area contributed by atoms with Crippen LogP contribution < -0.4 is 0 Å². The van der Waals surface area contributed by atoms with Gasteiger partial charge in [-0.2, -0.15) is 0 Å². The van der Waals surface area contributed by atoms with Gasteiger partial charge < -0.3 is 14.6 Å². The van der Waals surface area contributed by atoms with Gasteiger partial charge in [0, 0.05) is 18.9 Å². The van der Waals surface area contributed by atoms with Gasteiger partial charge >= 0.3 is 5.97 Å². The maximum absolute atomic E-state index is 12.1. The molecule has 0 amide bonds. The van der Waals surface area contributed by atoms with E-state index >= 15 is 0 Å². The van der Waals surface area contributed by atoms with Gasteiger partial charge in [0.15, 0.2) is 0 Å². The number of H-pyrrole nitrogens is 1. The average molecular weight is 456 g/mol. The third-order valence-corrected chi connectivity index (χ3v) is 5.37. The zero-order chi connectivity index (χ0) is 23.7. The molecule has 0 aliphatic carbocycles. The van der Waals surface area contributed by atoms with E-state index in [2.05, 4.69) is 62.9 Å². The lowest BCUT2D eigenvalue weighted by molar-refractivity contribution is -0.144. The van der Waals surface area contributed by atoms with Crippen molar-refractivity contribution >= 4 is 12.2 Å². The molecule has 0 aliphatic rings. The number of aliphatic imine (C=N–C) groups is 1. The SMILES string of the molecule is CCCN(CCC)CCCCN(CC(=O)OCC)Cc1ccc(CN=Cc2ncc[nH]2)cc1. The second-order valence-corrected chi connectivity index (χ2v) is 8.33. The minimum absolute atomic E-state index is 0.153. The van der Waals surface area contributed by atoms with Crippen LogP contribution >= 0.6 is 0 Å². The van der Waals surface area contributed by atoms with E-state index in [4.69, 9.17) is 4.74 Å². The van der Waals surface area contributed by atoms with Gasteiger partial charge in [-0.05, 0) is 69.9 Å². The van der Waals surface area contributed by atoms with E-state index in [0.29, 0.717) is 19.7 Å². The standard InChI is InChI=1S/C26H41N5O2/c1-4-15-30(16-5-2)17-7-8-18-31(22-26(32)33-6-3)21-24-11-9-23(10-12-24)19-27-20-25-28-13-14-29-25/h9-14,20H,4-8,15-19,21-22H2,1-3H3,(H,28,29). The topological polar surface area (TPSA) is 73.8 Å². The molecule has 0 radical (unpaired) electrons. The lowest BCUT2D eigenvalue weighted by Gasteiger charge is -2.24. The van der Waals surface area contributed by atoms with E-state index in [0.717, 1.165) is 57.0 Å². The number of nitrogens with one attached hydrogen (secondary N) is 1. The van der Waals surface area contributed by atoms with Gasteiger partial charge in [-0.15, -0.1) is 0 Å². The molecule has 7 nitrogen and oxygen atoms in total. The fourth-order valence-electron chi connectivity index (χ4n) is 3.84. The number of esters is 1. The molecule has 182 valence electrons. The van der Waals surface area contributed by atoms with Crippen LogP contribution in [0.15, 0.2) is 41.7 Å². The summed E-state index contributed by atoms with van der Waals surface area (Å²) in [7, 11) is 0. The number of hydrogen-bond acceptors (Lipinski definition) is 6. The molecule has 0 saturated carbocycles. The van der Waals surface area contributed by atoms with Crippen molar-refractivity contribution in [2.24, 2.45) is 4.99 Å². The fraction of sp³-hybridized carbons (Fsp3) is 0.577. The monoisotopic (exact) mass is 455 g/mol. The number of hydrogen-bond donors (Lipinski definition) is 1. The van der Waals surface area contributed by atoms with E-state index in [1.165, 1.54) is 18.4 Å². The molecule has 1 heterocycles. The van der Waals surface area contributed by atoms with Crippen LogP contribution in [0.3, 0.4) is 0 Å². The number of carbonyl (C=O) groups excluding carboxylic acids is 1. The highest BCUT2D eigenvalue weighted by Crippen LogP contribution is 2.10. The van der Waals surface area contributed by atoms with E-state index in [1.54, 1.807) is 18.6 Å². The van der Waals surface area contributed by atoms with E-state index in [1.807, 2.05) is 6.92 Å². The van der Waals surface area contributed by atoms with Crippen molar-refractivity contribution in [3.05, 3.63) is 53.6 Å². The molecule has 0 spiro atoms.